The van der Waals surface area contributed by atoms with Crippen molar-refractivity contribution < 1.29 is 27.5 Å². The molecule has 39 heavy (non-hydrogen) atoms. The summed E-state index contributed by atoms with van der Waals surface area (Å²) in [4.78, 5) is 16.6. The minimum atomic E-state index is -4.60. The van der Waals surface area contributed by atoms with Crippen molar-refractivity contribution in [1.29, 1.82) is 0 Å². The highest BCUT2D eigenvalue weighted by Crippen LogP contribution is 2.37. The van der Waals surface area contributed by atoms with E-state index in [1.165, 1.54) is 12.1 Å². The van der Waals surface area contributed by atoms with Crippen LogP contribution in [0.25, 0.3) is 27.7 Å². The van der Waals surface area contributed by atoms with Crippen LogP contribution in [0.4, 0.5) is 17.6 Å². The van der Waals surface area contributed by atoms with E-state index in [-0.39, 0.29) is 11.1 Å². The van der Waals surface area contributed by atoms with Gasteiger partial charge in [-0.1, -0.05) is 41.9 Å². The molecule has 5 rings (SSSR count). The molecule has 0 fully saturated rings. The predicted octanol–water partition coefficient (Wildman–Crippen LogP) is 6.97. The number of alkyl halides is 3. The Labute approximate surface area is 225 Å². The monoisotopic (exact) mass is 553 g/mol. The SMILES string of the molecule is O=C(N[C@H](CO)c1ccc(C(F)(F)F)nc1)c1ccc2c(-c3ccccc3Cl)cn(-c3ccc(F)cc3)c2c1. The predicted molar refractivity (Wildman–Crippen MR) is 140 cm³/mol. The van der Waals surface area contributed by atoms with Gasteiger partial charge in [0.15, 0.2) is 0 Å². The van der Waals surface area contributed by atoms with E-state index in [0.717, 1.165) is 34.8 Å². The number of hydrogen-bond acceptors (Lipinski definition) is 3. The van der Waals surface area contributed by atoms with Crippen LogP contribution in [0.2, 0.25) is 5.02 Å². The number of aromatic nitrogens is 2. The first-order valence-corrected chi connectivity index (χ1v) is 12.1. The minimum absolute atomic E-state index is 0.218. The van der Waals surface area contributed by atoms with E-state index in [9.17, 15) is 27.5 Å². The fourth-order valence-corrected chi connectivity index (χ4v) is 4.57. The molecule has 0 saturated heterocycles. The summed E-state index contributed by atoms with van der Waals surface area (Å²) in [6, 6.07) is 19.2. The Hall–Kier alpha value is -4.21. The number of amides is 1. The van der Waals surface area contributed by atoms with Crippen LogP contribution in [0.15, 0.2) is 91.3 Å². The van der Waals surface area contributed by atoms with Crippen LogP contribution in [0, 0.1) is 5.82 Å². The lowest BCUT2D eigenvalue weighted by Gasteiger charge is -2.17. The van der Waals surface area contributed by atoms with Crippen molar-refractivity contribution in [1.82, 2.24) is 14.9 Å². The highest BCUT2D eigenvalue weighted by Gasteiger charge is 2.32. The van der Waals surface area contributed by atoms with Crippen molar-refractivity contribution in [3.05, 3.63) is 119 Å². The molecule has 0 aliphatic heterocycles. The van der Waals surface area contributed by atoms with Crippen LogP contribution in [-0.4, -0.2) is 27.2 Å². The van der Waals surface area contributed by atoms with Gasteiger partial charge in [0.05, 0.1) is 18.2 Å². The molecule has 0 aliphatic rings. The topological polar surface area (TPSA) is 67.2 Å². The maximum absolute atomic E-state index is 13.6. The summed E-state index contributed by atoms with van der Waals surface area (Å²) in [5.41, 5.74) is 2.26. The van der Waals surface area contributed by atoms with Crippen molar-refractivity contribution in [3.8, 4) is 16.8 Å². The molecule has 2 heterocycles. The summed E-state index contributed by atoms with van der Waals surface area (Å²) < 4.78 is 54.0. The second-order valence-electron chi connectivity index (χ2n) is 8.78. The number of carbonyl (C=O) groups is 1. The number of carbonyl (C=O) groups excluding carboxylic acids is 1. The molecule has 3 aromatic carbocycles. The first-order valence-electron chi connectivity index (χ1n) is 11.8. The van der Waals surface area contributed by atoms with Crippen LogP contribution < -0.4 is 5.32 Å². The summed E-state index contributed by atoms with van der Waals surface area (Å²) in [7, 11) is 0. The van der Waals surface area contributed by atoms with Crippen LogP contribution >= 0.6 is 11.6 Å². The smallest absolute Gasteiger partial charge is 0.394 e. The summed E-state index contributed by atoms with van der Waals surface area (Å²) in [5.74, 6) is -0.948. The number of hydrogen-bond donors (Lipinski definition) is 2. The molecule has 2 aromatic heterocycles. The first kappa shape index (κ1) is 26.4. The number of aliphatic hydroxyl groups is 1. The fourth-order valence-electron chi connectivity index (χ4n) is 4.33. The number of nitrogens with one attached hydrogen (secondary N) is 1. The largest absolute Gasteiger partial charge is 0.433 e. The summed E-state index contributed by atoms with van der Waals surface area (Å²) in [6.45, 7) is -0.552. The molecule has 1 amide bonds. The van der Waals surface area contributed by atoms with E-state index in [2.05, 4.69) is 10.3 Å². The Morgan fingerprint density at radius 3 is 2.38 bits per heavy atom. The third-order valence-electron chi connectivity index (χ3n) is 6.30. The second-order valence-corrected chi connectivity index (χ2v) is 9.19. The highest BCUT2D eigenvalue weighted by molar-refractivity contribution is 6.33. The number of pyridine rings is 1. The molecule has 5 aromatic rings. The Kier molecular flexibility index (Phi) is 7.12. The molecule has 10 heteroatoms. The molecule has 0 aliphatic carbocycles. The van der Waals surface area contributed by atoms with Gasteiger partial charge in [-0.15, -0.1) is 0 Å². The van der Waals surface area contributed by atoms with Gasteiger partial charge in [0.2, 0.25) is 0 Å². The molecule has 198 valence electrons. The number of rotatable bonds is 6. The third-order valence-corrected chi connectivity index (χ3v) is 6.63. The van der Waals surface area contributed by atoms with Crippen molar-refractivity contribution in [2.75, 3.05) is 6.61 Å². The zero-order valence-electron chi connectivity index (χ0n) is 20.1. The summed E-state index contributed by atoms with van der Waals surface area (Å²) >= 11 is 6.47. The average Bonchev–Trinajstić information content (AvgIpc) is 3.30. The molecule has 0 spiro atoms. The van der Waals surface area contributed by atoms with Gasteiger partial charge in [0.25, 0.3) is 5.91 Å². The molecule has 0 bridgehead atoms. The number of fused-ring (bicyclic) bond motifs is 1. The van der Waals surface area contributed by atoms with E-state index in [1.807, 2.05) is 29.0 Å². The van der Waals surface area contributed by atoms with Gasteiger partial charge < -0.3 is 15.0 Å². The molecule has 0 saturated carbocycles. The van der Waals surface area contributed by atoms with Crippen LogP contribution in [0.5, 0.6) is 0 Å². The molecule has 5 nitrogen and oxygen atoms in total. The number of halogens is 5. The maximum Gasteiger partial charge on any atom is 0.433 e. The highest BCUT2D eigenvalue weighted by atomic mass is 35.5. The number of benzene rings is 3. The van der Waals surface area contributed by atoms with Gasteiger partial charge in [-0.25, -0.2) is 4.39 Å². The van der Waals surface area contributed by atoms with E-state index < -0.39 is 36.2 Å². The maximum atomic E-state index is 13.6. The van der Waals surface area contributed by atoms with Crippen molar-refractivity contribution in [2.45, 2.75) is 12.2 Å². The van der Waals surface area contributed by atoms with Crippen LogP contribution in [0.1, 0.15) is 27.7 Å². The van der Waals surface area contributed by atoms with Gasteiger partial charge in [-0.05, 0) is 54.1 Å². The zero-order valence-corrected chi connectivity index (χ0v) is 20.8. The number of nitrogens with zero attached hydrogens (tertiary/aromatic N) is 2. The van der Waals surface area contributed by atoms with Gasteiger partial charge in [-0.3, -0.25) is 9.78 Å². The Morgan fingerprint density at radius 2 is 1.74 bits per heavy atom. The molecular formula is C29H20ClF4N3O2. The second kappa shape index (κ2) is 10.5. The lowest BCUT2D eigenvalue weighted by molar-refractivity contribution is -0.141. The molecule has 0 radical (unpaired) electrons. The number of aliphatic hydroxyl groups excluding tert-OH is 1. The minimum Gasteiger partial charge on any atom is -0.394 e. The van der Waals surface area contributed by atoms with Crippen molar-refractivity contribution in [3.63, 3.8) is 0 Å². The van der Waals surface area contributed by atoms with Gasteiger partial charge >= 0.3 is 6.18 Å². The Morgan fingerprint density at radius 1 is 1.00 bits per heavy atom. The molecule has 2 N–H and O–H groups in total. The summed E-state index contributed by atoms with van der Waals surface area (Å²) in [6.07, 6.45) is -1.78. The first-order chi connectivity index (χ1) is 18.7. The van der Waals surface area contributed by atoms with E-state index in [1.54, 1.807) is 36.4 Å². The van der Waals surface area contributed by atoms with E-state index in [0.29, 0.717) is 16.2 Å². The van der Waals surface area contributed by atoms with Crippen LogP contribution in [0.3, 0.4) is 0 Å². The Balaban J connectivity index is 1.53. The normalized spacial score (nSPS) is 12.5. The fraction of sp³-hybridized carbons (Fsp3) is 0.103. The van der Waals surface area contributed by atoms with Crippen molar-refractivity contribution in [2.24, 2.45) is 0 Å². The van der Waals surface area contributed by atoms with Crippen LogP contribution in [-0.2, 0) is 6.18 Å². The van der Waals surface area contributed by atoms with Crippen molar-refractivity contribution >= 4 is 28.4 Å². The quantitative estimate of drug-likeness (QED) is 0.223. The molecule has 0 unspecified atom stereocenters. The molecular weight excluding hydrogens is 534 g/mol. The van der Waals surface area contributed by atoms with Gasteiger partial charge in [0.1, 0.15) is 11.5 Å². The van der Waals surface area contributed by atoms with Gasteiger partial charge in [0, 0.05) is 45.2 Å². The lowest BCUT2D eigenvalue weighted by Crippen LogP contribution is -2.31. The Bertz CT molecular complexity index is 1650. The zero-order chi connectivity index (χ0) is 27.7. The van der Waals surface area contributed by atoms with E-state index in [4.69, 9.17) is 11.6 Å². The summed E-state index contributed by atoms with van der Waals surface area (Å²) in [5, 5.41) is 13.8. The van der Waals surface area contributed by atoms with E-state index >= 15 is 0 Å². The lowest BCUT2D eigenvalue weighted by atomic mass is 10.0. The molecule has 1 atom stereocenters. The standard InChI is InChI=1S/C29H20ClF4N3O2/c30-24-4-2-1-3-21(24)23-15-37(20-9-7-19(31)8-10-20)26-13-17(5-11-22(23)26)28(39)36-25(16-38)18-6-12-27(35-14-18)29(32,33)34/h1-15,25,38H,16H2,(H,36,39)/t25-/m1/s1. The average molecular weight is 554 g/mol. The third kappa shape index (κ3) is 5.36. The van der Waals surface area contributed by atoms with Gasteiger partial charge in [-0.2, -0.15) is 13.2 Å².